The SMILES string of the molecule is Cn1cc(-c2ccnc(N3CCC(NC(=O)C4(N5CCCCC5)CCCCC4)C3)n2)cn1. The highest BCUT2D eigenvalue weighted by atomic mass is 16.2. The Morgan fingerprint density at radius 1 is 1.09 bits per heavy atom. The van der Waals surface area contributed by atoms with Gasteiger partial charge in [0.25, 0.3) is 0 Å². The third-order valence-corrected chi connectivity index (χ3v) is 7.51. The Morgan fingerprint density at radius 2 is 1.88 bits per heavy atom. The molecule has 172 valence electrons. The van der Waals surface area contributed by atoms with Crippen LogP contribution in [0.25, 0.3) is 11.3 Å². The van der Waals surface area contributed by atoms with Crippen molar-refractivity contribution in [3.8, 4) is 11.3 Å². The molecule has 2 aromatic heterocycles. The number of nitrogens with zero attached hydrogens (tertiary/aromatic N) is 6. The molecule has 2 saturated heterocycles. The average Bonchev–Trinajstić information content (AvgIpc) is 3.49. The van der Waals surface area contributed by atoms with Crippen molar-refractivity contribution in [3.05, 3.63) is 24.7 Å². The van der Waals surface area contributed by atoms with Crippen LogP contribution >= 0.6 is 0 Å². The van der Waals surface area contributed by atoms with Crippen molar-refractivity contribution in [1.82, 2.24) is 30.0 Å². The van der Waals surface area contributed by atoms with E-state index in [-0.39, 0.29) is 17.5 Å². The van der Waals surface area contributed by atoms with Crippen LogP contribution in [-0.2, 0) is 11.8 Å². The Bertz CT molecular complexity index is 930. The summed E-state index contributed by atoms with van der Waals surface area (Å²) in [7, 11) is 1.91. The van der Waals surface area contributed by atoms with Crippen LogP contribution in [0, 0.1) is 0 Å². The number of likely N-dealkylation sites (tertiary alicyclic amines) is 1. The Hall–Kier alpha value is -2.48. The number of hydrogen-bond acceptors (Lipinski definition) is 6. The maximum absolute atomic E-state index is 13.6. The standard InChI is InChI=1S/C24H35N7O/c1-29-17-19(16-26-29)21-8-12-25-23(28-21)30-15-9-20(18-30)27-22(32)24(10-4-2-5-11-24)31-13-6-3-7-14-31/h8,12,16-17,20H,2-7,9-11,13-15,18H2,1H3,(H,27,32). The molecule has 1 amide bonds. The van der Waals surface area contributed by atoms with Crippen molar-refractivity contribution in [3.63, 3.8) is 0 Å². The first-order valence-corrected chi connectivity index (χ1v) is 12.3. The molecule has 0 spiro atoms. The lowest BCUT2D eigenvalue weighted by Gasteiger charge is -2.47. The first-order valence-electron chi connectivity index (χ1n) is 12.3. The minimum Gasteiger partial charge on any atom is -0.350 e. The van der Waals surface area contributed by atoms with E-state index in [1.807, 2.05) is 31.7 Å². The molecule has 1 N–H and O–H groups in total. The summed E-state index contributed by atoms with van der Waals surface area (Å²) >= 11 is 0. The third kappa shape index (κ3) is 4.25. The van der Waals surface area contributed by atoms with Gasteiger partial charge in [0, 0.05) is 44.1 Å². The molecule has 3 fully saturated rings. The second-order valence-corrected chi connectivity index (χ2v) is 9.69. The van der Waals surface area contributed by atoms with Crippen molar-refractivity contribution < 1.29 is 4.79 Å². The number of anilines is 1. The number of aryl methyl sites for hydroxylation is 1. The van der Waals surface area contributed by atoms with Crippen LogP contribution in [0.1, 0.15) is 57.8 Å². The van der Waals surface area contributed by atoms with Gasteiger partial charge in [-0.3, -0.25) is 14.4 Å². The lowest BCUT2D eigenvalue weighted by Crippen LogP contribution is -2.62. The van der Waals surface area contributed by atoms with E-state index in [1.165, 1.54) is 25.7 Å². The number of hydrogen-bond donors (Lipinski definition) is 1. The maximum atomic E-state index is 13.6. The Kier molecular flexibility index (Phi) is 6.13. The topological polar surface area (TPSA) is 79.2 Å². The van der Waals surface area contributed by atoms with Crippen LogP contribution in [0.5, 0.6) is 0 Å². The summed E-state index contributed by atoms with van der Waals surface area (Å²) in [6.07, 6.45) is 15.9. The van der Waals surface area contributed by atoms with Crippen LogP contribution in [0.15, 0.2) is 24.7 Å². The fourth-order valence-corrected chi connectivity index (χ4v) is 5.74. The van der Waals surface area contributed by atoms with E-state index in [0.717, 1.165) is 75.5 Å². The summed E-state index contributed by atoms with van der Waals surface area (Å²) in [4.78, 5) is 27.6. The molecule has 32 heavy (non-hydrogen) atoms. The van der Waals surface area contributed by atoms with Crippen molar-refractivity contribution in [2.75, 3.05) is 31.1 Å². The molecule has 8 nitrogen and oxygen atoms in total. The van der Waals surface area contributed by atoms with Gasteiger partial charge < -0.3 is 10.2 Å². The Balaban J connectivity index is 1.26. The van der Waals surface area contributed by atoms with Crippen molar-refractivity contribution in [1.29, 1.82) is 0 Å². The van der Waals surface area contributed by atoms with Crippen molar-refractivity contribution in [2.24, 2.45) is 7.05 Å². The smallest absolute Gasteiger partial charge is 0.240 e. The third-order valence-electron chi connectivity index (χ3n) is 7.51. The molecule has 2 aliphatic heterocycles. The zero-order valence-corrected chi connectivity index (χ0v) is 19.2. The predicted molar refractivity (Wildman–Crippen MR) is 124 cm³/mol. The molecule has 4 heterocycles. The van der Waals surface area contributed by atoms with Gasteiger partial charge in [0.15, 0.2) is 0 Å². The highest BCUT2D eigenvalue weighted by Gasteiger charge is 2.45. The minimum atomic E-state index is -0.289. The number of piperidine rings is 1. The minimum absolute atomic E-state index is 0.150. The molecule has 1 unspecified atom stereocenters. The highest BCUT2D eigenvalue weighted by molar-refractivity contribution is 5.87. The molecule has 8 heteroatoms. The van der Waals surface area contributed by atoms with E-state index < -0.39 is 0 Å². The second kappa shape index (κ2) is 9.17. The van der Waals surface area contributed by atoms with Crippen molar-refractivity contribution >= 4 is 11.9 Å². The molecule has 0 bridgehead atoms. The second-order valence-electron chi connectivity index (χ2n) is 9.69. The van der Waals surface area contributed by atoms with Gasteiger partial charge in [-0.2, -0.15) is 5.10 Å². The van der Waals surface area contributed by atoms with Gasteiger partial charge >= 0.3 is 0 Å². The van der Waals surface area contributed by atoms with Crippen molar-refractivity contribution in [2.45, 2.75) is 69.4 Å². The molecule has 5 rings (SSSR count). The van der Waals surface area contributed by atoms with Crippen LogP contribution in [0.2, 0.25) is 0 Å². The van der Waals surface area contributed by atoms with E-state index in [1.54, 1.807) is 4.68 Å². The van der Waals surface area contributed by atoms with E-state index in [4.69, 9.17) is 4.98 Å². The normalized spacial score (nSPS) is 23.9. The summed E-state index contributed by atoms with van der Waals surface area (Å²) in [6, 6.07) is 2.07. The molecular formula is C24H35N7O. The number of carbonyl (C=O) groups excluding carboxylic acids is 1. The monoisotopic (exact) mass is 437 g/mol. The maximum Gasteiger partial charge on any atom is 0.240 e. The van der Waals surface area contributed by atoms with E-state index in [9.17, 15) is 4.79 Å². The summed E-state index contributed by atoms with van der Waals surface area (Å²) in [5.74, 6) is 0.988. The molecule has 1 saturated carbocycles. The number of rotatable bonds is 5. The van der Waals surface area contributed by atoms with Gasteiger partial charge in [0.2, 0.25) is 11.9 Å². The average molecular weight is 438 g/mol. The van der Waals surface area contributed by atoms with Gasteiger partial charge in [0.05, 0.1) is 11.9 Å². The van der Waals surface area contributed by atoms with Gasteiger partial charge in [-0.05, 0) is 51.3 Å². The zero-order valence-electron chi connectivity index (χ0n) is 19.2. The fourth-order valence-electron chi connectivity index (χ4n) is 5.74. The van der Waals surface area contributed by atoms with E-state index in [2.05, 4.69) is 25.2 Å². The zero-order chi connectivity index (χ0) is 22.0. The molecule has 1 atom stereocenters. The molecule has 2 aromatic rings. The van der Waals surface area contributed by atoms with Crippen LogP contribution in [-0.4, -0.2) is 68.3 Å². The Morgan fingerprint density at radius 3 is 2.62 bits per heavy atom. The molecule has 0 radical (unpaired) electrons. The van der Waals surface area contributed by atoms with Crippen LogP contribution in [0.4, 0.5) is 5.95 Å². The summed E-state index contributed by atoms with van der Waals surface area (Å²) in [5, 5.41) is 7.69. The van der Waals surface area contributed by atoms with Crippen LogP contribution in [0.3, 0.4) is 0 Å². The van der Waals surface area contributed by atoms with E-state index >= 15 is 0 Å². The lowest BCUT2D eigenvalue weighted by atomic mass is 9.78. The van der Waals surface area contributed by atoms with Crippen LogP contribution < -0.4 is 10.2 Å². The highest BCUT2D eigenvalue weighted by Crippen LogP contribution is 2.36. The summed E-state index contributed by atoms with van der Waals surface area (Å²) in [6.45, 7) is 3.76. The number of carbonyl (C=O) groups is 1. The molecule has 1 aliphatic carbocycles. The quantitative estimate of drug-likeness (QED) is 0.775. The van der Waals surface area contributed by atoms with E-state index in [0.29, 0.717) is 0 Å². The Labute approximate surface area is 190 Å². The first-order chi connectivity index (χ1) is 15.6. The lowest BCUT2D eigenvalue weighted by molar-refractivity contribution is -0.137. The summed E-state index contributed by atoms with van der Waals surface area (Å²) in [5.41, 5.74) is 1.57. The molecular weight excluding hydrogens is 402 g/mol. The van der Waals surface area contributed by atoms with Gasteiger partial charge in [0.1, 0.15) is 5.54 Å². The number of aromatic nitrogens is 4. The first kappa shape index (κ1) is 21.4. The van der Waals surface area contributed by atoms with Gasteiger partial charge in [-0.1, -0.05) is 25.7 Å². The largest absolute Gasteiger partial charge is 0.350 e. The molecule has 0 aromatic carbocycles. The predicted octanol–water partition coefficient (Wildman–Crippen LogP) is 2.76. The number of amides is 1. The van der Waals surface area contributed by atoms with Gasteiger partial charge in [-0.15, -0.1) is 0 Å². The number of nitrogens with one attached hydrogen (secondary N) is 1. The molecule has 3 aliphatic rings. The summed E-state index contributed by atoms with van der Waals surface area (Å²) < 4.78 is 1.78. The van der Waals surface area contributed by atoms with Gasteiger partial charge in [-0.25, -0.2) is 9.97 Å². The fraction of sp³-hybridized carbons (Fsp3) is 0.667.